The Balaban J connectivity index is 2.38. The Labute approximate surface area is 130 Å². The number of sulfonamides is 1. The number of hydrogen-bond acceptors (Lipinski definition) is 4. The van der Waals surface area contributed by atoms with E-state index in [1.165, 1.54) is 18.2 Å². The Morgan fingerprint density at radius 1 is 1.19 bits per heavy atom. The number of rotatable bonds is 4. The molecule has 2 aromatic rings. The number of halogens is 1. The van der Waals surface area contributed by atoms with Crippen molar-refractivity contribution in [3.05, 3.63) is 62.6 Å². The van der Waals surface area contributed by atoms with Gasteiger partial charge in [-0.3, -0.25) is 14.8 Å². The van der Waals surface area contributed by atoms with Gasteiger partial charge in [-0.2, -0.15) is 0 Å². The highest BCUT2D eigenvalue weighted by Crippen LogP contribution is 2.27. The van der Waals surface area contributed by atoms with Crippen LogP contribution in [-0.2, 0) is 10.0 Å². The molecule has 0 heterocycles. The van der Waals surface area contributed by atoms with E-state index in [4.69, 9.17) is 0 Å². The molecule has 6 nitrogen and oxygen atoms in total. The van der Waals surface area contributed by atoms with Gasteiger partial charge in [0.15, 0.2) is 0 Å². The Kier molecular flexibility index (Phi) is 4.29. The van der Waals surface area contributed by atoms with Gasteiger partial charge in [0.1, 0.15) is 0 Å². The van der Waals surface area contributed by atoms with Crippen molar-refractivity contribution in [3.8, 4) is 0 Å². The van der Waals surface area contributed by atoms with Gasteiger partial charge >= 0.3 is 0 Å². The standard InChI is InChI=1S/C13H11BrN2O4S/c1-9-5-6-13(12(14)7-9)15-21(19,20)11-4-2-3-10(8-11)16(17)18/h2-8,15H,1H3. The second-order valence-corrected chi connectivity index (χ2v) is 6.88. The van der Waals surface area contributed by atoms with E-state index in [0.717, 1.165) is 11.6 Å². The second kappa shape index (κ2) is 5.82. The highest BCUT2D eigenvalue weighted by molar-refractivity contribution is 9.10. The quantitative estimate of drug-likeness (QED) is 0.658. The van der Waals surface area contributed by atoms with Gasteiger partial charge in [0.05, 0.1) is 15.5 Å². The van der Waals surface area contributed by atoms with Crippen molar-refractivity contribution in [2.24, 2.45) is 0 Å². The van der Waals surface area contributed by atoms with E-state index in [2.05, 4.69) is 20.7 Å². The van der Waals surface area contributed by atoms with Gasteiger partial charge in [0.2, 0.25) is 0 Å². The summed E-state index contributed by atoms with van der Waals surface area (Å²) < 4.78 is 27.5. The SMILES string of the molecule is Cc1ccc(NS(=O)(=O)c2cccc([N+](=O)[O-])c2)c(Br)c1. The third kappa shape index (κ3) is 3.59. The molecule has 8 heteroatoms. The molecule has 0 saturated carbocycles. The van der Waals surface area contributed by atoms with E-state index in [9.17, 15) is 18.5 Å². The third-order valence-corrected chi connectivity index (χ3v) is 4.73. The molecule has 2 rings (SSSR count). The maximum atomic E-state index is 12.3. The number of nitro groups is 1. The average molecular weight is 371 g/mol. The van der Waals surface area contributed by atoms with Gasteiger partial charge in [0.25, 0.3) is 15.7 Å². The number of nitrogens with zero attached hydrogens (tertiary/aromatic N) is 1. The summed E-state index contributed by atoms with van der Waals surface area (Å²) in [6.07, 6.45) is 0. The van der Waals surface area contributed by atoms with Crippen molar-refractivity contribution in [1.82, 2.24) is 0 Å². The van der Waals surface area contributed by atoms with Crippen molar-refractivity contribution in [2.45, 2.75) is 11.8 Å². The number of aryl methyl sites for hydroxylation is 1. The molecule has 21 heavy (non-hydrogen) atoms. The summed E-state index contributed by atoms with van der Waals surface area (Å²) in [7, 11) is -3.89. The van der Waals surface area contributed by atoms with Gasteiger partial charge in [-0.1, -0.05) is 12.1 Å². The first-order chi connectivity index (χ1) is 9.79. The Morgan fingerprint density at radius 2 is 1.90 bits per heavy atom. The molecule has 0 atom stereocenters. The number of non-ortho nitro benzene ring substituents is 1. The monoisotopic (exact) mass is 370 g/mol. The summed E-state index contributed by atoms with van der Waals surface area (Å²) in [6.45, 7) is 1.88. The van der Waals surface area contributed by atoms with E-state index in [1.807, 2.05) is 6.92 Å². The first-order valence-electron chi connectivity index (χ1n) is 5.83. The van der Waals surface area contributed by atoms with Crippen LogP contribution in [0.1, 0.15) is 5.56 Å². The van der Waals surface area contributed by atoms with Gasteiger partial charge in [0, 0.05) is 16.6 Å². The minimum Gasteiger partial charge on any atom is -0.278 e. The lowest BCUT2D eigenvalue weighted by Gasteiger charge is -2.10. The van der Waals surface area contributed by atoms with Crippen LogP contribution in [0, 0.1) is 17.0 Å². The number of anilines is 1. The van der Waals surface area contributed by atoms with Gasteiger partial charge < -0.3 is 0 Å². The maximum absolute atomic E-state index is 12.3. The minimum atomic E-state index is -3.89. The summed E-state index contributed by atoms with van der Waals surface area (Å²) in [5.74, 6) is 0. The predicted octanol–water partition coefficient (Wildman–Crippen LogP) is 3.47. The topological polar surface area (TPSA) is 89.3 Å². The number of nitrogens with one attached hydrogen (secondary N) is 1. The van der Waals surface area contributed by atoms with Crippen LogP contribution in [0.3, 0.4) is 0 Å². The van der Waals surface area contributed by atoms with Crippen molar-refractivity contribution in [2.75, 3.05) is 4.72 Å². The van der Waals surface area contributed by atoms with Gasteiger partial charge in [-0.05, 0) is 46.6 Å². The predicted molar refractivity (Wildman–Crippen MR) is 82.8 cm³/mol. The van der Waals surface area contributed by atoms with Crippen molar-refractivity contribution in [3.63, 3.8) is 0 Å². The molecule has 0 fully saturated rings. The Bertz CT molecular complexity index is 806. The van der Waals surface area contributed by atoms with Crippen molar-refractivity contribution < 1.29 is 13.3 Å². The van der Waals surface area contributed by atoms with Crippen LogP contribution in [0.15, 0.2) is 51.8 Å². The largest absolute Gasteiger partial charge is 0.278 e. The van der Waals surface area contributed by atoms with E-state index >= 15 is 0 Å². The lowest BCUT2D eigenvalue weighted by atomic mass is 10.2. The lowest BCUT2D eigenvalue weighted by molar-refractivity contribution is -0.385. The molecule has 0 radical (unpaired) electrons. The van der Waals surface area contributed by atoms with Crippen LogP contribution in [0.4, 0.5) is 11.4 Å². The molecular weight excluding hydrogens is 360 g/mol. The average Bonchev–Trinajstić information content (AvgIpc) is 2.42. The molecule has 0 unspecified atom stereocenters. The fraction of sp³-hybridized carbons (Fsp3) is 0.0769. The highest BCUT2D eigenvalue weighted by atomic mass is 79.9. The summed E-state index contributed by atoms with van der Waals surface area (Å²) in [5.41, 5.74) is 1.06. The highest BCUT2D eigenvalue weighted by Gasteiger charge is 2.18. The fourth-order valence-corrected chi connectivity index (χ4v) is 3.51. The number of nitro benzene ring substituents is 1. The summed E-state index contributed by atoms with van der Waals surface area (Å²) in [6, 6.07) is 10.0. The first kappa shape index (κ1) is 15.5. The van der Waals surface area contributed by atoms with Crippen LogP contribution >= 0.6 is 15.9 Å². The fourth-order valence-electron chi connectivity index (χ4n) is 1.67. The molecule has 0 aliphatic rings. The Morgan fingerprint density at radius 3 is 2.52 bits per heavy atom. The van der Waals surface area contributed by atoms with Crippen LogP contribution in [-0.4, -0.2) is 13.3 Å². The molecule has 0 aromatic heterocycles. The zero-order chi connectivity index (χ0) is 15.6. The third-order valence-electron chi connectivity index (χ3n) is 2.71. The molecule has 2 aromatic carbocycles. The van der Waals surface area contributed by atoms with E-state index in [0.29, 0.717) is 10.2 Å². The first-order valence-corrected chi connectivity index (χ1v) is 8.10. The minimum absolute atomic E-state index is 0.163. The van der Waals surface area contributed by atoms with Crippen LogP contribution in [0.25, 0.3) is 0 Å². The lowest BCUT2D eigenvalue weighted by Crippen LogP contribution is -2.13. The normalized spacial score (nSPS) is 11.1. The van der Waals surface area contributed by atoms with E-state index in [1.54, 1.807) is 18.2 Å². The maximum Gasteiger partial charge on any atom is 0.270 e. The molecule has 0 saturated heterocycles. The van der Waals surface area contributed by atoms with Crippen LogP contribution in [0.5, 0.6) is 0 Å². The molecule has 0 spiro atoms. The van der Waals surface area contributed by atoms with Crippen molar-refractivity contribution in [1.29, 1.82) is 0 Å². The molecular formula is C13H11BrN2O4S. The smallest absolute Gasteiger partial charge is 0.270 e. The summed E-state index contributed by atoms with van der Waals surface area (Å²) in [5, 5.41) is 10.7. The molecule has 110 valence electrons. The zero-order valence-corrected chi connectivity index (χ0v) is 13.3. The van der Waals surface area contributed by atoms with Crippen LogP contribution in [0.2, 0.25) is 0 Å². The van der Waals surface area contributed by atoms with E-state index in [-0.39, 0.29) is 10.6 Å². The Hall–Kier alpha value is -1.93. The van der Waals surface area contributed by atoms with Crippen molar-refractivity contribution >= 4 is 37.3 Å². The molecule has 0 amide bonds. The second-order valence-electron chi connectivity index (χ2n) is 4.34. The molecule has 0 aliphatic heterocycles. The summed E-state index contributed by atoms with van der Waals surface area (Å²) in [4.78, 5) is 9.91. The van der Waals surface area contributed by atoms with Crippen LogP contribution < -0.4 is 4.72 Å². The number of benzene rings is 2. The molecule has 0 bridgehead atoms. The van der Waals surface area contributed by atoms with Gasteiger partial charge in [-0.15, -0.1) is 0 Å². The molecule has 1 N–H and O–H groups in total. The number of hydrogen-bond donors (Lipinski definition) is 1. The molecule has 0 aliphatic carbocycles. The zero-order valence-electron chi connectivity index (χ0n) is 10.9. The van der Waals surface area contributed by atoms with E-state index < -0.39 is 14.9 Å². The summed E-state index contributed by atoms with van der Waals surface area (Å²) >= 11 is 3.27. The van der Waals surface area contributed by atoms with Gasteiger partial charge in [-0.25, -0.2) is 8.42 Å².